The molecule has 9 rings (SSSR count). The van der Waals surface area contributed by atoms with Crippen LogP contribution in [0.4, 0.5) is 17.1 Å². The molecule has 0 atom stereocenters. The van der Waals surface area contributed by atoms with Gasteiger partial charge in [-0.1, -0.05) is 146 Å². The van der Waals surface area contributed by atoms with E-state index in [9.17, 15) is 0 Å². The van der Waals surface area contributed by atoms with Crippen LogP contribution in [0.2, 0.25) is 0 Å². The van der Waals surface area contributed by atoms with Gasteiger partial charge in [0, 0.05) is 38.9 Å². The quantitative estimate of drug-likeness (QED) is 0.181. The molecule has 1 aromatic heterocycles. The fourth-order valence-corrected chi connectivity index (χ4v) is 7.11. The number of hydrogen-bond acceptors (Lipinski definition) is 1. The maximum absolute atomic E-state index is 2.44. The van der Waals surface area contributed by atoms with E-state index in [1.165, 1.54) is 54.8 Å². The van der Waals surface area contributed by atoms with Crippen molar-refractivity contribution < 1.29 is 0 Å². The van der Waals surface area contributed by atoms with Gasteiger partial charge in [-0.3, -0.25) is 0 Å². The minimum absolute atomic E-state index is 1.10. The van der Waals surface area contributed by atoms with Crippen LogP contribution in [0, 0.1) is 0 Å². The van der Waals surface area contributed by atoms with Crippen LogP contribution in [-0.4, -0.2) is 4.57 Å². The van der Waals surface area contributed by atoms with Crippen molar-refractivity contribution in [2.75, 3.05) is 4.90 Å². The summed E-state index contributed by atoms with van der Waals surface area (Å²) in [5.74, 6) is 0. The van der Waals surface area contributed by atoms with Crippen molar-refractivity contribution in [1.82, 2.24) is 4.57 Å². The summed E-state index contributed by atoms with van der Waals surface area (Å²) in [7, 11) is 0. The molecule has 48 heavy (non-hydrogen) atoms. The molecule has 8 aromatic carbocycles. The zero-order valence-corrected chi connectivity index (χ0v) is 26.4. The maximum Gasteiger partial charge on any atom is 0.0619 e. The lowest BCUT2D eigenvalue weighted by molar-refractivity contribution is 1.18. The summed E-state index contributed by atoms with van der Waals surface area (Å²) in [6, 6.07) is 69.9. The fourth-order valence-electron chi connectivity index (χ4n) is 7.11. The van der Waals surface area contributed by atoms with Crippen LogP contribution < -0.4 is 4.90 Å². The third-order valence-corrected chi connectivity index (χ3v) is 9.33. The molecule has 0 aliphatic carbocycles. The lowest BCUT2D eigenvalue weighted by atomic mass is 10.0. The molecular formula is C46H32N2. The summed E-state index contributed by atoms with van der Waals surface area (Å²) in [4.78, 5) is 2.39. The van der Waals surface area contributed by atoms with Gasteiger partial charge in [-0.25, -0.2) is 0 Å². The maximum atomic E-state index is 2.44. The van der Waals surface area contributed by atoms with Gasteiger partial charge in [-0.2, -0.15) is 0 Å². The molecule has 0 N–H and O–H groups in total. The van der Waals surface area contributed by atoms with Crippen LogP contribution in [0.1, 0.15) is 0 Å². The van der Waals surface area contributed by atoms with Crippen LogP contribution in [0.5, 0.6) is 0 Å². The van der Waals surface area contributed by atoms with Gasteiger partial charge < -0.3 is 9.47 Å². The van der Waals surface area contributed by atoms with E-state index in [1.807, 2.05) is 0 Å². The van der Waals surface area contributed by atoms with Gasteiger partial charge in [0.25, 0.3) is 0 Å². The first-order valence-corrected chi connectivity index (χ1v) is 16.4. The van der Waals surface area contributed by atoms with E-state index >= 15 is 0 Å². The van der Waals surface area contributed by atoms with Crippen molar-refractivity contribution in [2.24, 2.45) is 0 Å². The molecule has 9 aromatic rings. The summed E-state index contributed by atoms with van der Waals surface area (Å²) in [6.07, 6.45) is 0. The van der Waals surface area contributed by atoms with Crippen molar-refractivity contribution in [1.29, 1.82) is 0 Å². The largest absolute Gasteiger partial charge is 0.310 e. The molecule has 2 nitrogen and oxygen atoms in total. The number of aromatic nitrogens is 1. The molecule has 2 heteroatoms. The lowest BCUT2D eigenvalue weighted by Gasteiger charge is -2.27. The predicted octanol–water partition coefficient (Wildman–Crippen LogP) is 12.7. The van der Waals surface area contributed by atoms with E-state index in [1.54, 1.807) is 0 Å². The van der Waals surface area contributed by atoms with Gasteiger partial charge in [0.15, 0.2) is 0 Å². The molecule has 0 spiro atoms. The van der Waals surface area contributed by atoms with Gasteiger partial charge in [-0.15, -0.1) is 0 Å². The SMILES string of the molecule is c1ccc(-c2cccc(N(c3cccc(-c4ccccc4)c3)c3ccc4c5ccc6ccccc6c5n(-c5ccccc5)c4c3)c2)cc1. The monoisotopic (exact) mass is 612 g/mol. The van der Waals surface area contributed by atoms with Gasteiger partial charge in [0.05, 0.1) is 11.0 Å². The molecule has 0 radical (unpaired) electrons. The van der Waals surface area contributed by atoms with Crippen LogP contribution in [0.25, 0.3) is 60.5 Å². The zero-order valence-electron chi connectivity index (χ0n) is 26.4. The third-order valence-electron chi connectivity index (χ3n) is 9.33. The fraction of sp³-hybridized carbons (Fsp3) is 0. The molecular weight excluding hydrogens is 581 g/mol. The summed E-state index contributed by atoms with van der Waals surface area (Å²) < 4.78 is 2.44. The first kappa shape index (κ1) is 27.9. The zero-order chi connectivity index (χ0) is 31.9. The van der Waals surface area contributed by atoms with Crippen LogP contribution >= 0.6 is 0 Å². The number of anilines is 3. The molecule has 0 amide bonds. The second-order valence-corrected chi connectivity index (χ2v) is 12.2. The Kier molecular flexibility index (Phi) is 6.84. The number of nitrogens with zero attached hydrogens (tertiary/aromatic N) is 2. The minimum atomic E-state index is 1.10. The van der Waals surface area contributed by atoms with Gasteiger partial charge in [0.2, 0.25) is 0 Å². The Balaban J connectivity index is 1.31. The van der Waals surface area contributed by atoms with Crippen molar-refractivity contribution in [3.05, 3.63) is 194 Å². The topological polar surface area (TPSA) is 8.17 Å². The van der Waals surface area contributed by atoms with Crippen molar-refractivity contribution >= 4 is 49.6 Å². The normalized spacial score (nSPS) is 11.3. The summed E-state index contributed by atoms with van der Waals surface area (Å²) >= 11 is 0. The van der Waals surface area contributed by atoms with E-state index in [0.29, 0.717) is 0 Å². The summed E-state index contributed by atoms with van der Waals surface area (Å²) in [5.41, 5.74) is 11.6. The Bertz CT molecular complexity index is 2470. The van der Waals surface area contributed by atoms with Crippen LogP contribution in [0.3, 0.4) is 0 Å². The predicted molar refractivity (Wildman–Crippen MR) is 204 cm³/mol. The van der Waals surface area contributed by atoms with Crippen LogP contribution in [-0.2, 0) is 0 Å². The van der Waals surface area contributed by atoms with Gasteiger partial charge in [-0.05, 0) is 76.2 Å². The van der Waals surface area contributed by atoms with Crippen molar-refractivity contribution in [3.63, 3.8) is 0 Å². The minimum Gasteiger partial charge on any atom is -0.310 e. The molecule has 226 valence electrons. The van der Waals surface area contributed by atoms with Gasteiger partial charge in [0.1, 0.15) is 0 Å². The number of hydrogen-bond donors (Lipinski definition) is 0. The Hall–Kier alpha value is -6.38. The van der Waals surface area contributed by atoms with E-state index in [-0.39, 0.29) is 0 Å². The average molecular weight is 613 g/mol. The van der Waals surface area contributed by atoms with Gasteiger partial charge >= 0.3 is 0 Å². The summed E-state index contributed by atoms with van der Waals surface area (Å²) in [5, 5.41) is 4.98. The Morgan fingerprint density at radius 2 is 0.854 bits per heavy atom. The second kappa shape index (κ2) is 11.8. The highest BCUT2D eigenvalue weighted by molar-refractivity contribution is 6.19. The molecule has 0 bridgehead atoms. The average Bonchev–Trinajstić information content (AvgIpc) is 3.50. The number of fused-ring (bicyclic) bond motifs is 5. The Morgan fingerprint density at radius 1 is 0.333 bits per heavy atom. The Labute approximate surface area is 280 Å². The van der Waals surface area contributed by atoms with E-state index in [4.69, 9.17) is 0 Å². The second-order valence-electron chi connectivity index (χ2n) is 12.2. The smallest absolute Gasteiger partial charge is 0.0619 e. The van der Waals surface area contributed by atoms with Crippen molar-refractivity contribution in [3.8, 4) is 27.9 Å². The number of para-hydroxylation sites is 1. The first-order chi connectivity index (χ1) is 23.8. The van der Waals surface area contributed by atoms with E-state index in [0.717, 1.165) is 22.7 Å². The molecule has 0 aliphatic rings. The molecule has 0 unspecified atom stereocenters. The van der Waals surface area contributed by atoms with E-state index in [2.05, 4.69) is 204 Å². The lowest BCUT2D eigenvalue weighted by Crippen LogP contribution is -2.10. The highest BCUT2D eigenvalue weighted by atomic mass is 15.1. The molecule has 0 saturated carbocycles. The molecule has 0 aliphatic heterocycles. The van der Waals surface area contributed by atoms with Crippen LogP contribution in [0.15, 0.2) is 194 Å². The standard InChI is InChI=1S/C46H32N2/c1-4-14-33(15-5-1)36-19-12-23-39(30-36)47(40-24-13-20-37(31-40)34-16-6-2-7-17-34)41-27-29-43-44-28-26-35-18-10-11-25-42(35)46(44)48(45(43)32-41)38-21-8-3-9-22-38/h1-32H. The first-order valence-electron chi connectivity index (χ1n) is 16.4. The number of benzene rings is 8. The molecule has 1 heterocycles. The highest BCUT2D eigenvalue weighted by Crippen LogP contribution is 2.42. The van der Waals surface area contributed by atoms with Crippen molar-refractivity contribution in [2.45, 2.75) is 0 Å². The van der Waals surface area contributed by atoms with E-state index < -0.39 is 0 Å². The number of rotatable bonds is 6. The molecule has 0 saturated heterocycles. The highest BCUT2D eigenvalue weighted by Gasteiger charge is 2.19. The Morgan fingerprint density at radius 3 is 1.50 bits per heavy atom. The third kappa shape index (κ3) is 4.83. The molecule has 0 fully saturated rings. The summed E-state index contributed by atoms with van der Waals surface area (Å²) in [6.45, 7) is 0.